The van der Waals surface area contributed by atoms with E-state index in [1.54, 1.807) is 14.9 Å². The lowest BCUT2D eigenvalue weighted by atomic mass is 10.0. The van der Waals surface area contributed by atoms with Gasteiger partial charge in [-0.1, -0.05) is 60.1 Å². The number of pyridine rings is 1. The molecule has 2 aromatic carbocycles. The zero-order valence-corrected chi connectivity index (χ0v) is 20.0. The molecule has 6 nitrogen and oxygen atoms in total. The van der Waals surface area contributed by atoms with E-state index < -0.39 is 17.8 Å². The van der Waals surface area contributed by atoms with E-state index in [9.17, 15) is 18.0 Å². The van der Waals surface area contributed by atoms with Gasteiger partial charge in [0.2, 0.25) is 0 Å². The Morgan fingerprint density at radius 1 is 0.972 bits per heavy atom. The van der Waals surface area contributed by atoms with Crippen molar-refractivity contribution in [3.8, 4) is 0 Å². The van der Waals surface area contributed by atoms with Crippen LogP contribution in [0.4, 0.5) is 24.7 Å². The number of hydrogen-bond donors (Lipinski definition) is 0. The van der Waals surface area contributed by atoms with Gasteiger partial charge in [0, 0.05) is 38.8 Å². The van der Waals surface area contributed by atoms with E-state index in [0.717, 1.165) is 23.5 Å². The van der Waals surface area contributed by atoms with Gasteiger partial charge >= 0.3 is 6.18 Å². The van der Waals surface area contributed by atoms with Crippen LogP contribution in [-0.2, 0) is 15.8 Å². The predicted octanol–water partition coefficient (Wildman–Crippen LogP) is 5.35. The fourth-order valence-corrected chi connectivity index (χ4v) is 4.91. The number of para-hydroxylation sites is 1. The molecule has 2 aliphatic rings. The highest BCUT2D eigenvalue weighted by atomic mass is 35.5. The van der Waals surface area contributed by atoms with Crippen molar-refractivity contribution in [1.29, 1.82) is 0 Å². The van der Waals surface area contributed by atoms with Crippen LogP contribution in [0.2, 0.25) is 5.02 Å². The summed E-state index contributed by atoms with van der Waals surface area (Å²) in [5.74, 6) is 0.175. The van der Waals surface area contributed by atoms with Gasteiger partial charge in [-0.15, -0.1) is 0 Å². The summed E-state index contributed by atoms with van der Waals surface area (Å²) in [7, 11) is 0. The number of anilines is 2. The largest absolute Gasteiger partial charge is 0.417 e. The summed E-state index contributed by atoms with van der Waals surface area (Å²) in [6.45, 7) is 1.58. The standard InChI is InChI=1S/C26H24ClF3N4O2/c27-21-15-19(26(28,29)30)17-31-24(21)32-11-13-33(14-12-32)25(35)23-16-22(18-7-3-1-4-8-18)34(36-23)20-9-5-2-6-10-20/h1-10,15,17,22-23H,11-14,16H2/t22-,23-/m0/s1. The minimum Gasteiger partial charge on any atom is -0.352 e. The van der Waals surface area contributed by atoms with Gasteiger partial charge in [0.05, 0.1) is 22.3 Å². The topological polar surface area (TPSA) is 48.9 Å². The highest BCUT2D eigenvalue weighted by Gasteiger charge is 2.41. The van der Waals surface area contributed by atoms with Crippen LogP contribution in [0.3, 0.4) is 0 Å². The van der Waals surface area contributed by atoms with Crippen LogP contribution in [0.5, 0.6) is 0 Å². The Balaban J connectivity index is 1.27. The SMILES string of the molecule is O=C([C@@H]1C[C@@H](c2ccccc2)N(c2ccccc2)O1)N1CCN(c2ncc(C(F)(F)F)cc2Cl)CC1. The fraction of sp³-hybridized carbons (Fsp3) is 0.308. The molecule has 3 aromatic rings. The van der Waals surface area contributed by atoms with E-state index in [4.69, 9.17) is 16.4 Å². The summed E-state index contributed by atoms with van der Waals surface area (Å²) in [6, 6.07) is 20.4. The van der Waals surface area contributed by atoms with Gasteiger partial charge in [-0.25, -0.2) is 10.0 Å². The average molecular weight is 517 g/mol. The molecule has 0 radical (unpaired) electrons. The van der Waals surface area contributed by atoms with Gasteiger partial charge in [-0.2, -0.15) is 13.2 Å². The smallest absolute Gasteiger partial charge is 0.352 e. The highest BCUT2D eigenvalue weighted by molar-refractivity contribution is 6.33. The summed E-state index contributed by atoms with van der Waals surface area (Å²) in [6.07, 6.45) is -3.86. The molecule has 2 fully saturated rings. The zero-order valence-electron chi connectivity index (χ0n) is 19.2. The first-order valence-corrected chi connectivity index (χ1v) is 12.0. The third-order valence-electron chi connectivity index (χ3n) is 6.47. The zero-order chi connectivity index (χ0) is 25.3. The molecule has 1 amide bonds. The molecule has 0 unspecified atom stereocenters. The van der Waals surface area contributed by atoms with Crippen LogP contribution in [0.15, 0.2) is 72.9 Å². The van der Waals surface area contributed by atoms with Crippen LogP contribution in [0.1, 0.15) is 23.6 Å². The van der Waals surface area contributed by atoms with Crippen LogP contribution in [0, 0.1) is 0 Å². The molecule has 0 saturated carbocycles. The number of nitrogens with zero attached hydrogens (tertiary/aromatic N) is 4. The molecular weight excluding hydrogens is 493 g/mol. The third kappa shape index (κ3) is 4.99. The van der Waals surface area contributed by atoms with E-state index in [2.05, 4.69) is 4.98 Å². The number of rotatable bonds is 4. The Kier molecular flexibility index (Phi) is 6.77. The maximum Gasteiger partial charge on any atom is 0.417 e. The lowest BCUT2D eigenvalue weighted by Gasteiger charge is -2.36. The number of amides is 1. The summed E-state index contributed by atoms with van der Waals surface area (Å²) >= 11 is 6.11. The van der Waals surface area contributed by atoms with E-state index >= 15 is 0 Å². The van der Waals surface area contributed by atoms with Gasteiger partial charge in [-0.05, 0) is 23.8 Å². The number of benzene rings is 2. The van der Waals surface area contributed by atoms with Crippen molar-refractivity contribution in [2.45, 2.75) is 24.7 Å². The van der Waals surface area contributed by atoms with Crippen LogP contribution >= 0.6 is 11.6 Å². The quantitative estimate of drug-likeness (QED) is 0.467. The molecule has 0 bridgehead atoms. The fourth-order valence-electron chi connectivity index (χ4n) is 4.62. The molecule has 0 aliphatic carbocycles. The van der Waals surface area contributed by atoms with Gasteiger partial charge in [0.15, 0.2) is 6.10 Å². The Labute approximate surface area is 211 Å². The summed E-state index contributed by atoms with van der Waals surface area (Å²) < 4.78 is 38.8. The maximum absolute atomic E-state index is 13.4. The van der Waals surface area contributed by atoms with Crippen molar-refractivity contribution in [3.63, 3.8) is 0 Å². The van der Waals surface area contributed by atoms with Crippen molar-refractivity contribution < 1.29 is 22.8 Å². The molecule has 0 spiro atoms. The first kappa shape index (κ1) is 24.4. The third-order valence-corrected chi connectivity index (χ3v) is 6.75. The lowest BCUT2D eigenvalue weighted by Crippen LogP contribution is -2.52. The highest BCUT2D eigenvalue weighted by Crippen LogP contribution is 2.39. The van der Waals surface area contributed by atoms with Gasteiger partial charge < -0.3 is 9.80 Å². The van der Waals surface area contributed by atoms with Crippen molar-refractivity contribution >= 4 is 29.0 Å². The molecule has 188 valence electrons. The van der Waals surface area contributed by atoms with Crippen molar-refractivity contribution in [2.75, 3.05) is 36.1 Å². The number of hydroxylamine groups is 1. The number of alkyl halides is 3. The lowest BCUT2D eigenvalue weighted by molar-refractivity contribution is -0.142. The first-order valence-electron chi connectivity index (χ1n) is 11.6. The Morgan fingerprint density at radius 3 is 2.22 bits per heavy atom. The van der Waals surface area contributed by atoms with E-state index in [1.807, 2.05) is 60.7 Å². The van der Waals surface area contributed by atoms with Crippen LogP contribution in [0.25, 0.3) is 0 Å². The normalized spacial score (nSPS) is 20.6. The molecular formula is C26H24ClF3N4O2. The predicted molar refractivity (Wildman–Crippen MR) is 131 cm³/mol. The number of piperazine rings is 1. The van der Waals surface area contributed by atoms with Gasteiger partial charge in [0.1, 0.15) is 5.82 Å². The maximum atomic E-state index is 13.4. The first-order chi connectivity index (χ1) is 17.3. The molecule has 36 heavy (non-hydrogen) atoms. The van der Waals surface area contributed by atoms with Gasteiger partial charge in [-0.3, -0.25) is 9.63 Å². The second kappa shape index (κ2) is 9.99. The van der Waals surface area contributed by atoms with E-state index in [1.165, 1.54) is 0 Å². The summed E-state index contributed by atoms with van der Waals surface area (Å²) in [4.78, 5) is 27.1. The molecule has 3 heterocycles. The number of aromatic nitrogens is 1. The van der Waals surface area contributed by atoms with Crippen molar-refractivity contribution in [3.05, 3.63) is 89.1 Å². The van der Waals surface area contributed by atoms with Crippen molar-refractivity contribution in [2.24, 2.45) is 0 Å². The molecule has 2 aliphatic heterocycles. The monoisotopic (exact) mass is 516 g/mol. The number of carbonyl (C=O) groups excluding carboxylic acids is 1. The number of hydrogen-bond acceptors (Lipinski definition) is 5. The molecule has 1 aromatic heterocycles. The van der Waals surface area contributed by atoms with Crippen LogP contribution in [-0.4, -0.2) is 48.1 Å². The molecule has 10 heteroatoms. The minimum absolute atomic E-state index is 0.0621. The molecule has 5 rings (SSSR count). The van der Waals surface area contributed by atoms with Crippen molar-refractivity contribution in [1.82, 2.24) is 9.88 Å². The summed E-state index contributed by atoms with van der Waals surface area (Å²) in [5.41, 5.74) is 1.04. The Morgan fingerprint density at radius 2 is 1.61 bits per heavy atom. The molecule has 2 atom stereocenters. The minimum atomic E-state index is -4.51. The average Bonchev–Trinajstić information content (AvgIpc) is 3.34. The van der Waals surface area contributed by atoms with Gasteiger partial charge in [0.25, 0.3) is 5.91 Å². The second-order valence-electron chi connectivity index (χ2n) is 8.76. The van der Waals surface area contributed by atoms with E-state index in [0.29, 0.717) is 32.6 Å². The molecule has 0 N–H and O–H groups in total. The summed E-state index contributed by atoms with van der Waals surface area (Å²) in [5, 5.41) is 1.74. The Bertz CT molecular complexity index is 1160. The Hall–Kier alpha value is -3.30. The number of halogens is 4. The number of carbonyl (C=O) groups is 1. The van der Waals surface area contributed by atoms with Crippen LogP contribution < -0.4 is 9.96 Å². The molecule has 2 saturated heterocycles. The van der Waals surface area contributed by atoms with E-state index in [-0.39, 0.29) is 22.8 Å². The second-order valence-corrected chi connectivity index (χ2v) is 9.16.